The molecule has 10 heteroatoms. The average molecular weight is 482 g/mol. The van der Waals surface area contributed by atoms with E-state index in [4.69, 9.17) is 9.47 Å². The lowest BCUT2D eigenvalue weighted by Crippen LogP contribution is -2.16. The van der Waals surface area contributed by atoms with E-state index in [9.17, 15) is 13.2 Å². The van der Waals surface area contributed by atoms with Crippen LogP contribution in [0.5, 0.6) is 5.75 Å². The number of aromatic nitrogens is 3. The Bertz CT molecular complexity index is 1040. The molecule has 5 nitrogen and oxygen atoms in total. The van der Waals surface area contributed by atoms with Gasteiger partial charge in [0.05, 0.1) is 24.7 Å². The molecular formula is C22H22F3N3O2S2. The number of methoxy groups -OCH3 is 1. The maximum Gasteiger partial charge on any atom is 0.289 e. The molecule has 1 unspecified atom stereocenters. The number of ether oxygens (including phenoxy) is 2. The van der Waals surface area contributed by atoms with E-state index in [2.05, 4.69) is 10.2 Å². The van der Waals surface area contributed by atoms with Crippen LogP contribution in [0.25, 0.3) is 11.4 Å². The maximum atomic E-state index is 13.4. The molecule has 0 amide bonds. The largest absolute Gasteiger partial charge is 0.496 e. The minimum Gasteiger partial charge on any atom is -0.496 e. The molecule has 4 rings (SSSR count). The number of hydrogen-bond donors (Lipinski definition) is 0. The van der Waals surface area contributed by atoms with Crippen molar-refractivity contribution >= 4 is 23.5 Å². The molecule has 1 saturated heterocycles. The number of thioether (sulfide) groups is 2. The summed E-state index contributed by atoms with van der Waals surface area (Å²) in [6, 6.07) is 11.4. The van der Waals surface area contributed by atoms with Gasteiger partial charge in [-0.05, 0) is 54.8 Å². The first-order valence-electron chi connectivity index (χ1n) is 10.1. The van der Waals surface area contributed by atoms with Crippen molar-refractivity contribution in [3.05, 3.63) is 53.8 Å². The molecule has 0 bridgehead atoms. The van der Waals surface area contributed by atoms with Crippen LogP contribution < -0.4 is 4.74 Å². The first-order chi connectivity index (χ1) is 15.5. The van der Waals surface area contributed by atoms with Crippen molar-refractivity contribution in [1.82, 2.24) is 14.8 Å². The zero-order chi connectivity index (χ0) is 22.5. The van der Waals surface area contributed by atoms with Crippen molar-refractivity contribution in [2.24, 2.45) is 0 Å². The van der Waals surface area contributed by atoms with E-state index >= 15 is 0 Å². The number of halogens is 3. The third-order valence-electron chi connectivity index (χ3n) is 5.04. The highest BCUT2D eigenvalue weighted by Crippen LogP contribution is 2.35. The summed E-state index contributed by atoms with van der Waals surface area (Å²) >= 11 is 1.95. The van der Waals surface area contributed by atoms with Crippen LogP contribution in [0.2, 0.25) is 0 Å². The van der Waals surface area contributed by atoms with Crippen molar-refractivity contribution in [2.75, 3.05) is 13.7 Å². The van der Waals surface area contributed by atoms with Crippen LogP contribution in [-0.2, 0) is 17.0 Å². The first-order valence-corrected chi connectivity index (χ1v) is 12.0. The van der Waals surface area contributed by atoms with E-state index in [0.717, 1.165) is 30.6 Å². The topological polar surface area (TPSA) is 49.2 Å². The van der Waals surface area contributed by atoms with Gasteiger partial charge in [-0.25, -0.2) is 4.39 Å². The number of hydrogen-bond acceptors (Lipinski definition) is 6. The number of benzene rings is 2. The van der Waals surface area contributed by atoms with E-state index in [1.165, 1.54) is 31.0 Å². The lowest BCUT2D eigenvalue weighted by molar-refractivity contribution is 0.0953. The second-order valence-electron chi connectivity index (χ2n) is 7.21. The molecule has 1 aliphatic rings. The lowest BCUT2D eigenvalue weighted by Gasteiger charge is -2.15. The second-order valence-corrected chi connectivity index (χ2v) is 9.19. The van der Waals surface area contributed by atoms with Crippen LogP contribution in [0, 0.1) is 5.82 Å². The van der Waals surface area contributed by atoms with E-state index in [1.807, 2.05) is 10.6 Å². The number of alkyl halides is 2. The van der Waals surface area contributed by atoms with Crippen molar-refractivity contribution in [3.63, 3.8) is 0 Å². The van der Waals surface area contributed by atoms with Crippen LogP contribution in [0.3, 0.4) is 0 Å². The SMILES string of the molecule is COc1cc(CSc2nnc(-c3ccc(F)cc3)n2CC2CCCO2)ccc1SC(F)F. The highest BCUT2D eigenvalue weighted by atomic mass is 32.2. The summed E-state index contributed by atoms with van der Waals surface area (Å²) in [4.78, 5) is 0.399. The predicted molar refractivity (Wildman–Crippen MR) is 119 cm³/mol. The van der Waals surface area contributed by atoms with Crippen LogP contribution in [0.15, 0.2) is 52.5 Å². The van der Waals surface area contributed by atoms with Crippen LogP contribution in [0.1, 0.15) is 18.4 Å². The Hall–Kier alpha value is -2.17. The molecule has 3 aromatic rings. The van der Waals surface area contributed by atoms with Crippen molar-refractivity contribution in [2.45, 2.75) is 47.1 Å². The van der Waals surface area contributed by atoms with Gasteiger partial charge in [0.2, 0.25) is 0 Å². The van der Waals surface area contributed by atoms with Crippen LogP contribution in [-0.4, -0.2) is 40.3 Å². The van der Waals surface area contributed by atoms with Gasteiger partial charge in [0.15, 0.2) is 11.0 Å². The normalized spacial score (nSPS) is 16.1. The minimum absolute atomic E-state index is 0.0790. The standard InChI is InChI=1S/C22H22F3N3O2S2/c1-29-18-11-14(4-9-19(18)32-21(24)25)13-31-22-27-26-20(15-5-7-16(23)8-6-15)28(22)12-17-3-2-10-30-17/h4-9,11,17,21H,2-3,10,12-13H2,1H3. The van der Waals surface area contributed by atoms with E-state index in [0.29, 0.717) is 45.7 Å². The summed E-state index contributed by atoms with van der Waals surface area (Å²) in [5.74, 6) is -1.19. The highest BCUT2D eigenvalue weighted by Gasteiger charge is 2.22. The van der Waals surface area contributed by atoms with Gasteiger partial charge in [-0.2, -0.15) is 8.78 Å². The van der Waals surface area contributed by atoms with Gasteiger partial charge < -0.3 is 9.47 Å². The molecule has 32 heavy (non-hydrogen) atoms. The Balaban J connectivity index is 1.55. The second kappa shape index (κ2) is 10.6. The molecule has 0 aliphatic carbocycles. The quantitative estimate of drug-likeness (QED) is 0.356. The third-order valence-corrected chi connectivity index (χ3v) is 6.85. The molecular weight excluding hydrogens is 459 g/mol. The fourth-order valence-corrected chi connectivity index (χ4v) is 5.00. The van der Waals surface area contributed by atoms with Crippen LogP contribution in [0.4, 0.5) is 13.2 Å². The Labute approximate surface area is 192 Å². The van der Waals surface area contributed by atoms with Crippen molar-refractivity contribution in [1.29, 1.82) is 0 Å². The first kappa shape index (κ1) is 23.0. The van der Waals surface area contributed by atoms with Gasteiger partial charge in [0, 0.05) is 17.9 Å². The highest BCUT2D eigenvalue weighted by molar-refractivity contribution is 7.99. The van der Waals surface area contributed by atoms with Gasteiger partial charge in [0.1, 0.15) is 11.6 Å². The minimum atomic E-state index is -2.51. The van der Waals surface area contributed by atoms with Crippen molar-refractivity contribution < 1.29 is 22.6 Å². The molecule has 2 heterocycles. The van der Waals surface area contributed by atoms with Gasteiger partial charge in [-0.3, -0.25) is 4.57 Å². The zero-order valence-electron chi connectivity index (χ0n) is 17.3. The van der Waals surface area contributed by atoms with Gasteiger partial charge >= 0.3 is 0 Å². The molecule has 1 fully saturated rings. The van der Waals surface area contributed by atoms with Gasteiger partial charge in [-0.1, -0.05) is 29.6 Å². The molecule has 1 aromatic heterocycles. The molecule has 0 N–H and O–H groups in total. The summed E-state index contributed by atoms with van der Waals surface area (Å²) in [7, 11) is 1.47. The van der Waals surface area contributed by atoms with E-state index < -0.39 is 5.76 Å². The molecule has 1 aliphatic heterocycles. The molecule has 170 valence electrons. The summed E-state index contributed by atoms with van der Waals surface area (Å²) in [5.41, 5.74) is 1.69. The van der Waals surface area contributed by atoms with Crippen LogP contribution >= 0.6 is 23.5 Å². The zero-order valence-corrected chi connectivity index (χ0v) is 19.0. The Morgan fingerprint density at radius 2 is 2.00 bits per heavy atom. The molecule has 0 spiro atoms. The number of rotatable bonds is 9. The molecule has 0 saturated carbocycles. The summed E-state index contributed by atoms with van der Waals surface area (Å²) in [6.07, 6.45) is 2.06. The smallest absolute Gasteiger partial charge is 0.289 e. The molecule has 1 atom stereocenters. The summed E-state index contributed by atoms with van der Waals surface area (Å²) in [6.45, 7) is 1.35. The fourth-order valence-electron chi connectivity index (χ4n) is 3.51. The Morgan fingerprint density at radius 1 is 1.19 bits per heavy atom. The average Bonchev–Trinajstić information content (AvgIpc) is 3.44. The Kier molecular flexibility index (Phi) is 7.64. The predicted octanol–water partition coefficient (Wildman–Crippen LogP) is 5.88. The van der Waals surface area contributed by atoms with E-state index in [1.54, 1.807) is 24.3 Å². The lowest BCUT2D eigenvalue weighted by atomic mass is 10.2. The molecule has 2 aromatic carbocycles. The monoisotopic (exact) mass is 481 g/mol. The third kappa shape index (κ3) is 5.60. The maximum absolute atomic E-state index is 13.4. The van der Waals surface area contributed by atoms with Crippen molar-refractivity contribution in [3.8, 4) is 17.1 Å². The summed E-state index contributed by atoms with van der Waals surface area (Å²) in [5, 5.41) is 9.43. The van der Waals surface area contributed by atoms with Gasteiger partial charge in [-0.15, -0.1) is 10.2 Å². The van der Waals surface area contributed by atoms with Gasteiger partial charge in [0.25, 0.3) is 5.76 Å². The molecule has 0 radical (unpaired) electrons. The summed E-state index contributed by atoms with van der Waals surface area (Å²) < 4.78 is 51.9. The Morgan fingerprint density at radius 3 is 2.69 bits per heavy atom. The fraction of sp³-hybridized carbons (Fsp3) is 0.364. The van der Waals surface area contributed by atoms with E-state index in [-0.39, 0.29) is 11.9 Å². The number of nitrogens with zero attached hydrogens (tertiary/aromatic N) is 3.